The second kappa shape index (κ2) is 50.4. The van der Waals surface area contributed by atoms with Crippen molar-refractivity contribution in [3.63, 3.8) is 0 Å². The molecular formula is C56H108O6. The van der Waals surface area contributed by atoms with Gasteiger partial charge in [-0.15, -0.1) is 0 Å². The Morgan fingerprint density at radius 1 is 0.323 bits per heavy atom. The van der Waals surface area contributed by atoms with Crippen molar-refractivity contribution < 1.29 is 28.6 Å². The minimum absolute atomic E-state index is 0.0630. The fourth-order valence-electron chi connectivity index (χ4n) is 8.54. The van der Waals surface area contributed by atoms with Crippen molar-refractivity contribution in [2.45, 2.75) is 323 Å². The smallest absolute Gasteiger partial charge is 0.306 e. The summed E-state index contributed by atoms with van der Waals surface area (Å²) < 4.78 is 16.8. The Bertz CT molecular complexity index is 935. The summed E-state index contributed by atoms with van der Waals surface area (Å²) in [5, 5.41) is 0. The number of esters is 3. The van der Waals surface area contributed by atoms with Crippen LogP contribution in [-0.2, 0) is 28.6 Å². The van der Waals surface area contributed by atoms with Crippen LogP contribution >= 0.6 is 0 Å². The summed E-state index contributed by atoms with van der Waals surface area (Å²) in [6, 6.07) is 0. The highest BCUT2D eigenvalue weighted by Gasteiger charge is 2.19. The van der Waals surface area contributed by atoms with Gasteiger partial charge in [0, 0.05) is 19.3 Å². The van der Waals surface area contributed by atoms with Crippen LogP contribution in [0.2, 0.25) is 0 Å². The lowest BCUT2D eigenvalue weighted by atomic mass is 10.00. The maximum absolute atomic E-state index is 12.8. The first-order chi connectivity index (χ1) is 30.4. The van der Waals surface area contributed by atoms with Crippen LogP contribution < -0.4 is 0 Å². The molecule has 0 fully saturated rings. The van der Waals surface area contributed by atoms with Gasteiger partial charge in [-0.1, -0.05) is 278 Å². The van der Waals surface area contributed by atoms with E-state index in [1.54, 1.807) is 0 Å². The molecular weight excluding hydrogens is 769 g/mol. The molecule has 0 aliphatic carbocycles. The zero-order valence-corrected chi connectivity index (χ0v) is 42.3. The number of carbonyl (C=O) groups is 3. The minimum Gasteiger partial charge on any atom is -0.462 e. The third kappa shape index (κ3) is 47.9. The standard InChI is InChI=1S/C56H108O6/c1-5-8-10-12-14-16-18-20-22-24-25-27-29-31-33-35-41-45-49-56(59)62-53(51-61-55(58)48-44-40-37-36-38-42-46-52(4)7-3)50-60-54(57)47-43-39-34-32-30-28-26-23-21-19-17-15-13-11-9-6-2/h52-53H,5-51H2,1-4H3/t52?,53-/m1/s1. The van der Waals surface area contributed by atoms with Gasteiger partial charge < -0.3 is 14.2 Å². The molecule has 368 valence electrons. The van der Waals surface area contributed by atoms with Gasteiger partial charge in [-0.25, -0.2) is 0 Å². The predicted octanol–water partition coefficient (Wildman–Crippen LogP) is 18.2. The van der Waals surface area contributed by atoms with E-state index in [0.29, 0.717) is 19.3 Å². The zero-order valence-electron chi connectivity index (χ0n) is 42.3. The highest BCUT2D eigenvalue weighted by Crippen LogP contribution is 2.18. The summed E-state index contributed by atoms with van der Waals surface area (Å²) in [4.78, 5) is 38.0. The van der Waals surface area contributed by atoms with Gasteiger partial charge >= 0.3 is 17.9 Å². The van der Waals surface area contributed by atoms with E-state index in [0.717, 1.165) is 63.7 Å². The maximum atomic E-state index is 12.8. The lowest BCUT2D eigenvalue weighted by Gasteiger charge is -2.18. The Morgan fingerprint density at radius 2 is 0.565 bits per heavy atom. The first-order valence-electron chi connectivity index (χ1n) is 27.9. The first kappa shape index (κ1) is 60.4. The van der Waals surface area contributed by atoms with Crippen LogP contribution in [0.4, 0.5) is 0 Å². The van der Waals surface area contributed by atoms with Gasteiger partial charge in [0.15, 0.2) is 6.10 Å². The normalized spacial score (nSPS) is 12.4. The summed E-state index contributed by atoms with van der Waals surface area (Å²) >= 11 is 0. The number of carbonyl (C=O) groups excluding carboxylic acids is 3. The monoisotopic (exact) mass is 877 g/mol. The van der Waals surface area contributed by atoms with Gasteiger partial charge in [0.05, 0.1) is 0 Å². The zero-order chi connectivity index (χ0) is 45.2. The molecule has 6 heteroatoms. The molecule has 2 atom stereocenters. The van der Waals surface area contributed by atoms with Crippen LogP contribution in [0.25, 0.3) is 0 Å². The van der Waals surface area contributed by atoms with Crippen molar-refractivity contribution in [1.29, 1.82) is 0 Å². The van der Waals surface area contributed by atoms with E-state index in [-0.39, 0.29) is 31.1 Å². The lowest BCUT2D eigenvalue weighted by molar-refractivity contribution is -0.167. The van der Waals surface area contributed by atoms with Crippen molar-refractivity contribution in [3.8, 4) is 0 Å². The molecule has 0 saturated heterocycles. The largest absolute Gasteiger partial charge is 0.462 e. The van der Waals surface area contributed by atoms with E-state index in [1.807, 2.05) is 0 Å². The molecule has 62 heavy (non-hydrogen) atoms. The maximum Gasteiger partial charge on any atom is 0.306 e. The molecule has 0 saturated carbocycles. The third-order valence-electron chi connectivity index (χ3n) is 13.2. The molecule has 0 aromatic rings. The molecule has 0 amide bonds. The van der Waals surface area contributed by atoms with Crippen molar-refractivity contribution in [2.24, 2.45) is 5.92 Å². The van der Waals surface area contributed by atoms with Crippen molar-refractivity contribution in [2.75, 3.05) is 13.2 Å². The van der Waals surface area contributed by atoms with E-state index in [4.69, 9.17) is 14.2 Å². The highest BCUT2D eigenvalue weighted by atomic mass is 16.6. The van der Waals surface area contributed by atoms with Crippen LogP contribution in [0, 0.1) is 5.92 Å². The molecule has 0 aliphatic heterocycles. The van der Waals surface area contributed by atoms with Crippen molar-refractivity contribution in [3.05, 3.63) is 0 Å². The van der Waals surface area contributed by atoms with Crippen molar-refractivity contribution in [1.82, 2.24) is 0 Å². The molecule has 0 radical (unpaired) electrons. The molecule has 0 spiro atoms. The predicted molar refractivity (Wildman–Crippen MR) is 266 cm³/mol. The topological polar surface area (TPSA) is 78.9 Å². The Morgan fingerprint density at radius 3 is 0.839 bits per heavy atom. The average molecular weight is 877 g/mol. The number of rotatable bonds is 51. The second-order valence-electron chi connectivity index (χ2n) is 19.5. The number of ether oxygens (including phenoxy) is 3. The van der Waals surface area contributed by atoms with Crippen molar-refractivity contribution >= 4 is 17.9 Å². The Labute approximate surface area is 387 Å². The minimum atomic E-state index is -0.762. The number of hydrogen-bond donors (Lipinski definition) is 0. The lowest BCUT2D eigenvalue weighted by Crippen LogP contribution is -2.30. The second-order valence-corrected chi connectivity index (χ2v) is 19.5. The Hall–Kier alpha value is -1.59. The van der Waals surface area contributed by atoms with E-state index in [9.17, 15) is 14.4 Å². The summed E-state index contributed by atoms with van der Waals surface area (Å²) in [6.45, 7) is 9.02. The summed E-state index contributed by atoms with van der Waals surface area (Å²) in [7, 11) is 0. The molecule has 6 nitrogen and oxygen atoms in total. The van der Waals surface area contributed by atoms with Gasteiger partial charge in [0.2, 0.25) is 0 Å². The highest BCUT2D eigenvalue weighted by molar-refractivity contribution is 5.71. The molecule has 0 aromatic carbocycles. The van der Waals surface area contributed by atoms with E-state index in [1.165, 1.54) is 212 Å². The van der Waals surface area contributed by atoms with Gasteiger partial charge in [0.1, 0.15) is 13.2 Å². The van der Waals surface area contributed by atoms with E-state index >= 15 is 0 Å². The SMILES string of the molecule is CCCCCCCCCCCCCCCCCCCCC(=O)O[C@H](COC(=O)CCCCCCCCCCCCCCCCCC)COC(=O)CCCCCCCCC(C)CC. The van der Waals surface area contributed by atoms with Gasteiger partial charge in [0.25, 0.3) is 0 Å². The molecule has 0 aliphatic rings. The summed E-state index contributed by atoms with van der Waals surface area (Å²) in [5.74, 6) is -0.0282. The molecule has 0 rings (SSSR count). The van der Waals surface area contributed by atoms with Crippen LogP contribution in [0.3, 0.4) is 0 Å². The number of hydrogen-bond acceptors (Lipinski definition) is 6. The third-order valence-corrected chi connectivity index (χ3v) is 13.2. The van der Waals surface area contributed by atoms with Crippen LogP contribution in [-0.4, -0.2) is 37.2 Å². The van der Waals surface area contributed by atoms with E-state index in [2.05, 4.69) is 27.7 Å². The summed E-state index contributed by atoms with van der Waals surface area (Å²) in [5.41, 5.74) is 0. The van der Waals surface area contributed by atoms with Crippen LogP contribution in [0.15, 0.2) is 0 Å². The molecule has 0 bridgehead atoms. The molecule has 0 aromatic heterocycles. The quantitative estimate of drug-likeness (QED) is 0.0344. The van der Waals surface area contributed by atoms with Gasteiger partial charge in [-0.3, -0.25) is 14.4 Å². The van der Waals surface area contributed by atoms with Crippen LogP contribution in [0.5, 0.6) is 0 Å². The fraction of sp³-hybridized carbons (Fsp3) is 0.946. The Kier molecular flexibility index (Phi) is 49.1. The summed E-state index contributed by atoms with van der Waals surface area (Å²) in [6.07, 6.45) is 53.8. The molecule has 0 N–H and O–H groups in total. The number of unbranched alkanes of at least 4 members (excludes halogenated alkanes) is 37. The fourth-order valence-corrected chi connectivity index (χ4v) is 8.54. The van der Waals surface area contributed by atoms with E-state index < -0.39 is 6.10 Å². The van der Waals surface area contributed by atoms with Crippen LogP contribution in [0.1, 0.15) is 317 Å². The average Bonchev–Trinajstić information content (AvgIpc) is 3.27. The van der Waals surface area contributed by atoms with Gasteiger partial charge in [-0.05, 0) is 25.2 Å². The molecule has 0 heterocycles. The molecule has 1 unspecified atom stereocenters. The first-order valence-corrected chi connectivity index (χ1v) is 27.9. The Balaban J connectivity index is 4.26. The van der Waals surface area contributed by atoms with Gasteiger partial charge in [-0.2, -0.15) is 0 Å².